The van der Waals surface area contributed by atoms with Gasteiger partial charge in [-0.2, -0.15) is 0 Å². The largest absolute Gasteiger partial charge is 0.450 e. The van der Waals surface area contributed by atoms with Crippen LogP contribution < -0.4 is 10.6 Å². The summed E-state index contributed by atoms with van der Waals surface area (Å²) < 4.78 is 4.75. The fourth-order valence-electron chi connectivity index (χ4n) is 1.80. The number of ether oxygens (including phenoxy) is 1. The van der Waals surface area contributed by atoms with E-state index in [0.717, 1.165) is 0 Å². The van der Waals surface area contributed by atoms with Crippen molar-refractivity contribution < 1.29 is 14.3 Å². The van der Waals surface area contributed by atoms with Crippen LogP contribution in [0.4, 0.5) is 4.79 Å². The second-order valence-electron chi connectivity index (χ2n) is 4.19. The molecule has 1 aliphatic rings. The van der Waals surface area contributed by atoms with Crippen molar-refractivity contribution in [2.45, 2.75) is 17.4 Å². The van der Waals surface area contributed by atoms with Crippen LogP contribution in [-0.2, 0) is 9.53 Å². The number of hydrogen-bond donors (Lipinski definition) is 2. The van der Waals surface area contributed by atoms with E-state index in [2.05, 4.69) is 15.6 Å². The Morgan fingerprint density at radius 3 is 2.67 bits per heavy atom. The van der Waals surface area contributed by atoms with Crippen molar-refractivity contribution in [1.29, 1.82) is 0 Å². The molecule has 21 heavy (non-hydrogen) atoms. The summed E-state index contributed by atoms with van der Waals surface area (Å²) in [5.41, 5.74) is -1.13. The third-order valence-electron chi connectivity index (χ3n) is 2.80. The number of carbonyl (C=O) groups is 2. The minimum Gasteiger partial charge on any atom is -0.450 e. The quantitative estimate of drug-likeness (QED) is 0.827. The molecule has 1 aliphatic heterocycles. The predicted octanol–water partition coefficient (Wildman–Crippen LogP) is 1.81. The number of rotatable bonds is 4. The standard InChI is InChI=1S/C13H13Cl2N3O3/c1-2-21-12(20)18-13(10(14)15)11(19)16-9(17-13)8-6-4-3-5-7-8/h3-7,10H,2H2,1H3,(H,18,20)(H,16,17,19)/t13-/m0/s1. The third kappa shape index (κ3) is 3.11. The maximum absolute atomic E-state index is 12.2. The summed E-state index contributed by atoms with van der Waals surface area (Å²) in [6.07, 6.45) is -0.822. The van der Waals surface area contributed by atoms with E-state index >= 15 is 0 Å². The van der Waals surface area contributed by atoms with E-state index in [1.165, 1.54) is 0 Å². The monoisotopic (exact) mass is 329 g/mol. The molecule has 0 radical (unpaired) electrons. The van der Waals surface area contributed by atoms with Crippen molar-refractivity contribution in [2.75, 3.05) is 6.61 Å². The van der Waals surface area contributed by atoms with Crippen molar-refractivity contribution >= 4 is 41.0 Å². The summed E-state index contributed by atoms with van der Waals surface area (Å²) in [6, 6.07) is 8.94. The molecule has 112 valence electrons. The van der Waals surface area contributed by atoms with Crippen molar-refractivity contribution in [1.82, 2.24) is 10.6 Å². The molecular weight excluding hydrogens is 317 g/mol. The Balaban J connectivity index is 2.34. The van der Waals surface area contributed by atoms with Crippen molar-refractivity contribution in [3.05, 3.63) is 35.9 Å². The van der Waals surface area contributed by atoms with Crippen LogP contribution in [0.2, 0.25) is 0 Å². The Hall–Kier alpha value is -1.79. The summed E-state index contributed by atoms with van der Waals surface area (Å²) in [5.74, 6) is -0.340. The second-order valence-corrected chi connectivity index (χ2v) is 5.29. The Kier molecular flexibility index (Phi) is 4.69. The van der Waals surface area contributed by atoms with Crippen LogP contribution in [0.3, 0.4) is 0 Å². The van der Waals surface area contributed by atoms with E-state index in [1.807, 2.05) is 6.07 Å². The van der Waals surface area contributed by atoms with Crippen LogP contribution in [-0.4, -0.2) is 34.9 Å². The van der Waals surface area contributed by atoms with Crippen LogP contribution in [0, 0.1) is 0 Å². The molecule has 0 aliphatic carbocycles. The molecule has 8 heteroatoms. The van der Waals surface area contributed by atoms with Crippen LogP contribution >= 0.6 is 23.2 Å². The number of carbonyl (C=O) groups excluding carboxylic acids is 2. The van der Waals surface area contributed by atoms with E-state index in [9.17, 15) is 9.59 Å². The number of benzene rings is 1. The first-order chi connectivity index (χ1) is 9.99. The first-order valence-corrected chi connectivity index (χ1v) is 7.06. The highest BCUT2D eigenvalue weighted by atomic mass is 35.5. The SMILES string of the molecule is CCOC(=O)N[C@]1(C(Cl)Cl)N=C(c2ccccc2)NC1=O. The van der Waals surface area contributed by atoms with Gasteiger partial charge in [0.1, 0.15) is 5.84 Å². The van der Waals surface area contributed by atoms with Gasteiger partial charge in [0.05, 0.1) is 6.61 Å². The maximum Gasteiger partial charge on any atom is 0.409 e. The zero-order valence-electron chi connectivity index (χ0n) is 11.1. The first kappa shape index (κ1) is 15.6. The summed E-state index contributed by atoms with van der Waals surface area (Å²) >= 11 is 11.7. The Bertz CT molecular complexity index is 577. The highest BCUT2D eigenvalue weighted by Gasteiger charge is 2.51. The predicted molar refractivity (Wildman–Crippen MR) is 79.5 cm³/mol. The van der Waals surface area contributed by atoms with E-state index in [-0.39, 0.29) is 12.4 Å². The lowest BCUT2D eigenvalue weighted by Gasteiger charge is -2.24. The molecule has 0 saturated carbocycles. The van der Waals surface area contributed by atoms with Gasteiger partial charge in [-0.25, -0.2) is 9.79 Å². The Morgan fingerprint density at radius 1 is 1.43 bits per heavy atom. The molecule has 1 aromatic rings. The van der Waals surface area contributed by atoms with E-state index in [0.29, 0.717) is 5.56 Å². The van der Waals surface area contributed by atoms with Gasteiger partial charge in [-0.1, -0.05) is 53.5 Å². The van der Waals surface area contributed by atoms with Gasteiger partial charge in [0.25, 0.3) is 5.91 Å². The molecule has 0 aromatic heterocycles. The number of amidine groups is 1. The van der Waals surface area contributed by atoms with Crippen LogP contribution in [0.5, 0.6) is 0 Å². The van der Waals surface area contributed by atoms with Crippen molar-refractivity contribution in [3.8, 4) is 0 Å². The molecule has 2 rings (SSSR count). The molecule has 2 N–H and O–H groups in total. The fraction of sp³-hybridized carbons (Fsp3) is 0.308. The minimum absolute atomic E-state index is 0.147. The van der Waals surface area contributed by atoms with Crippen LogP contribution in [0.25, 0.3) is 0 Å². The average Bonchev–Trinajstić information content (AvgIpc) is 2.78. The minimum atomic E-state index is -1.81. The van der Waals surface area contributed by atoms with Crippen molar-refractivity contribution in [2.24, 2.45) is 4.99 Å². The molecule has 1 heterocycles. The van der Waals surface area contributed by atoms with E-state index in [4.69, 9.17) is 27.9 Å². The van der Waals surface area contributed by atoms with Crippen LogP contribution in [0.1, 0.15) is 12.5 Å². The molecule has 1 aromatic carbocycles. The van der Waals surface area contributed by atoms with E-state index in [1.54, 1.807) is 31.2 Å². The third-order valence-corrected chi connectivity index (χ3v) is 3.43. The normalized spacial score (nSPS) is 21.0. The van der Waals surface area contributed by atoms with Gasteiger partial charge in [-0.05, 0) is 6.92 Å². The van der Waals surface area contributed by atoms with Gasteiger partial charge in [0.2, 0.25) is 5.66 Å². The highest BCUT2D eigenvalue weighted by Crippen LogP contribution is 2.27. The number of alkyl carbamates (subject to hydrolysis) is 1. The lowest BCUT2D eigenvalue weighted by molar-refractivity contribution is -0.124. The van der Waals surface area contributed by atoms with Gasteiger partial charge >= 0.3 is 6.09 Å². The van der Waals surface area contributed by atoms with Gasteiger partial charge in [0, 0.05) is 5.56 Å². The highest BCUT2D eigenvalue weighted by molar-refractivity contribution is 6.47. The second kappa shape index (κ2) is 6.32. The number of hydrogen-bond acceptors (Lipinski definition) is 4. The zero-order chi connectivity index (χ0) is 15.5. The smallest absolute Gasteiger partial charge is 0.409 e. The average molecular weight is 330 g/mol. The number of alkyl halides is 2. The topological polar surface area (TPSA) is 79.8 Å². The Labute approximate surface area is 131 Å². The van der Waals surface area contributed by atoms with Crippen LogP contribution in [0.15, 0.2) is 35.3 Å². The lowest BCUT2D eigenvalue weighted by atomic mass is 10.2. The number of nitrogens with one attached hydrogen (secondary N) is 2. The Morgan fingerprint density at radius 2 is 2.10 bits per heavy atom. The van der Waals surface area contributed by atoms with Gasteiger partial charge < -0.3 is 10.1 Å². The summed E-state index contributed by atoms with van der Waals surface area (Å²) in [4.78, 5) is 26.7. The first-order valence-electron chi connectivity index (χ1n) is 6.19. The number of nitrogens with zero attached hydrogens (tertiary/aromatic N) is 1. The van der Waals surface area contributed by atoms with Gasteiger partial charge in [0.15, 0.2) is 4.84 Å². The lowest BCUT2D eigenvalue weighted by Crippen LogP contribution is -2.58. The molecule has 2 amide bonds. The molecule has 0 saturated heterocycles. The molecule has 0 bridgehead atoms. The van der Waals surface area contributed by atoms with E-state index < -0.39 is 22.5 Å². The molecule has 1 atom stereocenters. The number of amides is 2. The maximum atomic E-state index is 12.2. The molecule has 0 spiro atoms. The summed E-state index contributed by atoms with van der Waals surface area (Å²) in [7, 11) is 0. The summed E-state index contributed by atoms with van der Waals surface area (Å²) in [6.45, 7) is 1.78. The summed E-state index contributed by atoms with van der Waals surface area (Å²) in [5, 5.41) is 4.88. The molecular formula is C13H13Cl2N3O3. The fourth-order valence-corrected chi connectivity index (χ4v) is 2.21. The zero-order valence-corrected chi connectivity index (χ0v) is 12.6. The number of aliphatic imine (C=N–C) groups is 1. The molecule has 0 unspecified atom stereocenters. The molecule has 6 nitrogen and oxygen atoms in total. The van der Waals surface area contributed by atoms with Crippen molar-refractivity contribution in [3.63, 3.8) is 0 Å². The van der Waals surface area contributed by atoms with Gasteiger partial charge in [-0.15, -0.1) is 0 Å². The van der Waals surface area contributed by atoms with Gasteiger partial charge in [-0.3, -0.25) is 10.1 Å². The number of halogens is 2. The molecule has 0 fully saturated rings.